The van der Waals surface area contributed by atoms with E-state index in [0.29, 0.717) is 5.92 Å². The van der Waals surface area contributed by atoms with Gasteiger partial charge in [-0.15, -0.1) is 0 Å². The lowest BCUT2D eigenvalue weighted by molar-refractivity contribution is 0.000448. The SMILES string of the molecule is Cn1c(=O)n2n(c1=O)[C@H]1C=C[C@@H]2[C@H]2CCC[C@@]21C1CC1. The first kappa shape index (κ1) is 11.2. The quantitative estimate of drug-likeness (QED) is 0.722. The van der Waals surface area contributed by atoms with Gasteiger partial charge in [0.05, 0.1) is 12.1 Å². The van der Waals surface area contributed by atoms with Crippen LogP contribution in [0.25, 0.3) is 0 Å². The van der Waals surface area contributed by atoms with Crippen LogP contribution in [-0.2, 0) is 7.05 Å². The van der Waals surface area contributed by atoms with Crippen molar-refractivity contribution in [3.63, 3.8) is 0 Å². The van der Waals surface area contributed by atoms with Crippen molar-refractivity contribution < 1.29 is 0 Å². The van der Waals surface area contributed by atoms with E-state index in [-0.39, 0.29) is 28.9 Å². The molecule has 2 saturated carbocycles. The average Bonchev–Trinajstić information content (AvgIpc) is 3.18. The fraction of sp³-hybridized carbons (Fsp3) is 0.733. The van der Waals surface area contributed by atoms with Gasteiger partial charge >= 0.3 is 11.4 Å². The Bertz CT molecular complexity index is 748. The van der Waals surface area contributed by atoms with Crippen LogP contribution in [0.3, 0.4) is 0 Å². The van der Waals surface area contributed by atoms with Crippen molar-refractivity contribution in [1.82, 2.24) is 13.9 Å². The Hall–Kier alpha value is -1.52. The molecule has 5 heteroatoms. The van der Waals surface area contributed by atoms with E-state index in [1.54, 1.807) is 16.4 Å². The zero-order valence-electron chi connectivity index (χ0n) is 11.7. The maximum Gasteiger partial charge on any atom is 0.347 e. The summed E-state index contributed by atoms with van der Waals surface area (Å²) in [6.45, 7) is 0. The molecule has 2 aliphatic heterocycles. The van der Waals surface area contributed by atoms with Crippen molar-refractivity contribution in [2.24, 2.45) is 24.3 Å². The van der Waals surface area contributed by atoms with Crippen molar-refractivity contribution in [3.8, 4) is 0 Å². The van der Waals surface area contributed by atoms with Gasteiger partial charge in [0.15, 0.2) is 0 Å². The molecule has 0 aromatic carbocycles. The van der Waals surface area contributed by atoms with Crippen LogP contribution in [0.2, 0.25) is 0 Å². The number of allylic oxidation sites excluding steroid dienone is 2. The van der Waals surface area contributed by atoms with Gasteiger partial charge in [0.2, 0.25) is 0 Å². The lowest BCUT2D eigenvalue weighted by atomic mass is 9.61. The zero-order chi connectivity index (χ0) is 13.6. The zero-order valence-corrected chi connectivity index (χ0v) is 11.7. The molecule has 106 valence electrons. The molecule has 2 fully saturated rings. The highest BCUT2D eigenvalue weighted by Crippen LogP contribution is 2.68. The molecule has 0 saturated heterocycles. The second kappa shape index (κ2) is 3.21. The van der Waals surface area contributed by atoms with Crippen LogP contribution in [0.4, 0.5) is 0 Å². The Balaban J connectivity index is 1.85. The van der Waals surface area contributed by atoms with Gasteiger partial charge in [-0.1, -0.05) is 18.6 Å². The molecular weight excluding hydrogens is 254 g/mol. The second-order valence-corrected chi connectivity index (χ2v) is 7.02. The van der Waals surface area contributed by atoms with Gasteiger partial charge in [-0.05, 0) is 37.5 Å². The molecular formula is C15H19N3O2. The minimum absolute atomic E-state index is 0.101. The highest BCUT2D eigenvalue weighted by atomic mass is 16.2. The van der Waals surface area contributed by atoms with Crippen LogP contribution >= 0.6 is 0 Å². The predicted octanol–water partition coefficient (Wildman–Crippen LogP) is 1.21. The van der Waals surface area contributed by atoms with Crippen LogP contribution in [-0.4, -0.2) is 13.9 Å². The fourth-order valence-electron chi connectivity index (χ4n) is 5.50. The minimum atomic E-state index is -0.148. The molecule has 0 N–H and O–H groups in total. The van der Waals surface area contributed by atoms with Gasteiger partial charge in [0.25, 0.3) is 0 Å². The van der Waals surface area contributed by atoms with Gasteiger partial charge in [-0.3, -0.25) is 0 Å². The summed E-state index contributed by atoms with van der Waals surface area (Å²) < 4.78 is 4.78. The number of rotatable bonds is 1. The lowest BCUT2D eigenvalue weighted by Crippen LogP contribution is -2.54. The first-order valence-corrected chi connectivity index (χ1v) is 7.74. The summed E-state index contributed by atoms with van der Waals surface area (Å²) in [5.74, 6) is 1.33. The first-order chi connectivity index (χ1) is 9.66. The van der Waals surface area contributed by atoms with E-state index in [1.807, 2.05) is 0 Å². The molecule has 0 spiro atoms. The topological polar surface area (TPSA) is 48.9 Å². The van der Waals surface area contributed by atoms with E-state index in [9.17, 15) is 9.59 Å². The number of hydrogen-bond acceptors (Lipinski definition) is 2. The van der Waals surface area contributed by atoms with Crippen molar-refractivity contribution in [1.29, 1.82) is 0 Å². The third kappa shape index (κ3) is 0.980. The summed E-state index contributed by atoms with van der Waals surface area (Å²) in [4.78, 5) is 24.8. The molecule has 1 aromatic rings. The summed E-state index contributed by atoms with van der Waals surface area (Å²) in [6, 6.07) is 0.207. The molecule has 2 bridgehead atoms. The molecule has 1 aromatic heterocycles. The van der Waals surface area contributed by atoms with E-state index in [1.165, 1.54) is 36.7 Å². The molecule has 0 radical (unpaired) electrons. The Kier molecular flexibility index (Phi) is 1.79. The molecule has 3 heterocycles. The van der Waals surface area contributed by atoms with Crippen molar-refractivity contribution >= 4 is 0 Å². The molecule has 5 aliphatic rings. The van der Waals surface area contributed by atoms with Crippen LogP contribution in [0.15, 0.2) is 21.7 Å². The summed E-state index contributed by atoms with van der Waals surface area (Å²) in [5.41, 5.74) is -0.0257. The maximum absolute atomic E-state index is 12.5. The molecule has 5 nitrogen and oxygen atoms in total. The van der Waals surface area contributed by atoms with E-state index in [4.69, 9.17) is 0 Å². The molecule has 3 aliphatic carbocycles. The highest BCUT2D eigenvalue weighted by Gasteiger charge is 2.63. The molecule has 20 heavy (non-hydrogen) atoms. The van der Waals surface area contributed by atoms with Crippen molar-refractivity contribution in [2.75, 3.05) is 0 Å². The van der Waals surface area contributed by atoms with E-state index >= 15 is 0 Å². The van der Waals surface area contributed by atoms with E-state index in [2.05, 4.69) is 12.2 Å². The largest absolute Gasteiger partial charge is 0.347 e. The van der Waals surface area contributed by atoms with Gasteiger partial charge in [0, 0.05) is 12.5 Å². The summed E-state index contributed by atoms with van der Waals surface area (Å²) in [6.07, 6.45) is 10.7. The van der Waals surface area contributed by atoms with Crippen LogP contribution < -0.4 is 11.4 Å². The third-order valence-corrected chi connectivity index (χ3v) is 6.35. The van der Waals surface area contributed by atoms with Crippen molar-refractivity contribution in [3.05, 3.63) is 33.1 Å². The van der Waals surface area contributed by atoms with Crippen LogP contribution in [0, 0.1) is 17.3 Å². The van der Waals surface area contributed by atoms with E-state index < -0.39 is 0 Å². The molecule has 4 atom stereocenters. The van der Waals surface area contributed by atoms with Gasteiger partial charge in [-0.25, -0.2) is 23.5 Å². The lowest BCUT2D eigenvalue weighted by Gasteiger charge is -2.52. The minimum Gasteiger partial charge on any atom is -0.246 e. The van der Waals surface area contributed by atoms with Crippen LogP contribution in [0.5, 0.6) is 0 Å². The predicted molar refractivity (Wildman–Crippen MR) is 73.6 cm³/mol. The Morgan fingerprint density at radius 2 is 1.85 bits per heavy atom. The van der Waals surface area contributed by atoms with Gasteiger partial charge in [-0.2, -0.15) is 0 Å². The standard InChI is InChI=1S/C15H19N3O2/c1-16-13(19)17-11-6-7-12(18(17)14(16)20)15(9-4-5-9)8-2-3-10(11)15/h6-7,9-12H,2-5,8H2,1H3/t10-,11-,12+,15-/m1/s1. The number of nitrogens with zero attached hydrogens (tertiary/aromatic N) is 3. The normalized spacial score (nSPS) is 41.0. The second-order valence-electron chi connectivity index (χ2n) is 7.02. The molecule has 6 rings (SSSR count). The fourth-order valence-corrected chi connectivity index (χ4v) is 5.50. The van der Waals surface area contributed by atoms with E-state index in [0.717, 1.165) is 5.92 Å². The Labute approximate surface area is 116 Å². The Morgan fingerprint density at radius 3 is 2.60 bits per heavy atom. The Morgan fingerprint density at radius 1 is 1.10 bits per heavy atom. The monoisotopic (exact) mass is 273 g/mol. The van der Waals surface area contributed by atoms with Crippen molar-refractivity contribution in [2.45, 2.75) is 44.2 Å². The van der Waals surface area contributed by atoms with Crippen LogP contribution in [0.1, 0.15) is 44.2 Å². The summed E-state index contributed by atoms with van der Waals surface area (Å²) >= 11 is 0. The number of hydrogen-bond donors (Lipinski definition) is 0. The number of aromatic nitrogens is 3. The highest BCUT2D eigenvalue weighted by molar-refractivity contribution is 5.23. The first-order valence-electron chi connectivity index (χ1n) is 7.74. The summed E-state index contributed by atoms with van der Waals surface area (Å²) in [7, 11) is 1.60. The van der Waals surface area contributed by atoms with Gasteiger partial charge < -0.3 is 0 Å². The maximum atomic E-state index is 12.5. The summed E-state index contributed by atoms with van der Waals surface area (Å²) in [5, 5.41) is 0. The molecule has 0 unspecified atom stereocenters. The van der Waals surface area contributed by atoms with Gasteiger partial charge in [0.1, 0.15) is 0 Å². The molecule has 0 amide bonds. The average molecular weight is 273 g/mol. The third-order valence-electron chi connectivity index (χ3n) is 6.35. The smallest absolute Gasteiger partial charge is 0.246 e.